The molecule has 0 radical (unpaired) electrons. The Morgan fingerprint density at radius 1 is 0.361 bits per heavy atom. The maximum atomic E-state index is 13.4. The second-order valence-corrected chi connectivity index (χ2v) is 30.3. The minimum atomic E-state index is -1.88. The van der Waals surface area contributed by atoms with Gasteiger partial charge in [0.1, 0.15) is 24.1 Å². The highest BCUT2D eigenvalue weighted by molar-refractivity contribution is 6.75. The van der Waals surface area contributed by atoms with Gasteiger partial charge >= 0.3 is 0 Å². The van der Waals surface area contributed by atoms with Gasteiger partial charge < -0.3 is 18.4 Å². The SMILES string of the molecule is CCCC[Si](CCCC)(CCCC)Oc1ccc(-c2ccc(C3(C=O)Cc4ccc5c6c(ccc(c46)C3)CC(C=O)(c3ccc(-c4ccc(O[Si](CCCC)(CCCC)CCCC)cc4)cc3)C5)cc2)cc1. The molecule has 0 fully saturated rings. The molecular weight excluding hydrogens is 913 g/mol. The topological polar surface area (TPSA) is 52.6 Å². The molecule has 0 N–H and O–H groups in total. The predicted octanol–water partition coefficient (Wildman–Crippen LogP) is 18.1. The minimum Gasteiger partial charge on any atom is -0.543 e. The van der Waals surface area contributed by atoms with E-state index in [-0.39, 0.29) is 0 Å². The van der Waals surface area contributed by atoms with Crippen LogP contribution in [0.15, 0.2) is 121 Å². The normalized spacial score (nSPS) is 14.8. The fraction of sp³-hybridized carbons (Fsp3) is 0.455. The van der Waals surface area contributed by atoms with Crippen molar-refractivity contribution in [2.45, 2.75) is 191 Å². The summed E-state index contributed by atoms with van der Waals surface area (Å²) in [6.45, 7) is 13.8. The Morgan fingerprint density at radius 2 is 0.597 bits per heavy atom. The van der Waals surface area contributed by atoms with Crippen LogP contribution in [0.3, 0.4) is 0 Å². The molecule has 0 bridgehead atoms. The molecule has 0 saturated carbocycles. The lowest BCUT2D eigenvalue weighted by Gasteiger charge is -2.39. The Kier molecular flexibility index (Phi) is 18.0. The van der Waals surface area contributed by atoms with Crippen LogP contribution in [0.2, 0.25) is 36.3 Å². The molecule has 6 aromatic carbocycles. The third-order valence-electron chi connectivity index (χ3n) is 16.9. The zero-order valence-electron chi connectivity index (χ0n) is 44.9. The number of aldehydes is 2. The number of carbonyl (C=O) groups is 2. The number of hydrogen-bond donors (Lipinski definition) is 0. The molecule has 72 heavy (non-hydrogen) atoms. The summed E-state index contributed by atoms with van der Waals surface area (Å²) >= 11 is 0. The van der Waals surface area contributed by atoms with Crippen molar-refractivity contribution in [2.75, 3.05) is 0 Å². The molecule has 380 valence electrons. The number of unbranched alkanes of at least 4 members (excludes halogenated alkanes) is 6. The smallest absolute Gasteiger partial charge is 0.251 e. The van der Waals surface area contributed by atoms with Gasteiger partial charge in [-0.05, 0) is 153 Å². The highest BCUT2D eigenvalue weighted by Crippen LogP contribution is 2.47. The Labute approximate surface area is 436 Å². The monoisotopic (exact) mass is 997 g/mol. The van der Waals surface area contributed by atoms with Crippen molar-refractivity contribution >= 4 is 40.0 Å². The number of benzene rings is 6. The molecule has 0 unspecified atom stereocenters. The van der Waals surface area contributed by atoms with Gasteiger partial charge in [0.2, 0.25) is 0 Å². The third-order valence-corrected chi connectivity index (χ3v) is 25.8. The van der Waals surface area contributed by atoms with Gasteiger partial charge in [0, 0.05) is 0 Å². The summed E-state index contributed by atoms with van der Waals surface area (Å²) in [5.41, 5.74) is 10.3. The van der Waals surface area contributed by atoms with E-state index in [1.54, 1.807) is 0 Å². The maximum absolute atomic E-state index is 13.4. The molecule has 0 saturated heterocycles. The van der Waals surface area contributed by atoms with E-state index >= 15 is 0 Å². The van der Waals surface area contributed by atoms with Crippen LogP contribution in [0.25, 0.3) is 33.0 Å². The van der Waals surface area contributed by atoms with Crippen molar-refractivity contribution in [1.82, 2.24) is 0 Å². The van der Waals surface area contributed by atoms with Gasteiger partial charge in [-0.3, -0.25) is 0 Å². The molecular formula is C66H84O4Si2. The van der Waals surface area contributed by atoms with E-state index in [1.807, 2.05) is 0 Å². The first kappa shape index (κ1) is 53.3. The average Bonchev–Trinajstić information content (AvgIpc) is 3.43. The Bertz CT molecular complexity index is 2420. The zero-order chi connectivity index (χ0) is 50.6. The van der Waals surface area contributed by atoms with Gasteiger partial charge in [-0.25, -0.2) is 0 Å². The van der Waals surface area contributed by atoms with Gasteiger partial charge in [-0.2, -0.15) is 0 Å². The molecule has 2 aliphatic rings. The fourth-order valence-electron chi connectivity index (χ4n) is 12.5. The van der Waals surface area contributed by atoms with Crippen molar-refractivity contribution in [3.05, 3.63) is 155 Å². The van der Waals surface area contributed by atoms with Crippen LogP contribution in [-0.4, -0.2) is 29.2 Å². The molecule has 0 spiro atoms. The summed E-state index contributed by atoms with van der Waals surface area (Å²) in [5, 5.41) is 2.58. The van der Waals surface area contributed by atoms with Gasteiger partial charge in [0.15, 0.2) is 0 Å². The average molecular weight is 998 g/mol. The molecule has 0 atom stereocenters. The maximum Gasteiger partial charge on any atom is 0.251 e. The van der Waals surface area contributed by atoms with E-state index in [1.165, 1.54) is 159 Å². The first-order chi connectivity index (χ1) is 35.1. The van der Waals surface area contributed by atoms with E-state index in [0.717, 1.165) is 44.9 Å². The summed E-state index contributed by atoms with van der Waals surface area (Å²) in [4.78, 5) is 26.8. The predicted molar refractivity (Wildman–Crippen MR) is 309 cm³/mol. The number of carbonyl (C=O) groups excluding carboxylic acids is 2. The van der Waals surface area contributed by atoms with Gasteiger partial charge in [0.25, 0.3) is 16.6 Å². The molecule has 8 rings (SSSR count). The molecule has 0 heterocycles. The first-order valence-electron chi connectivity index (χ1n) is 28.4. The molecule has 4 nitrogen and oxygen atoms in total. The lowest BCUT2D eigenvalue weighted by Crippen LogP contribution is -2.41. The standard InChI is InChI=1S/C66H84O4Si2/c1-7-13-39-71(40-14-8-2,41-15-9-3)69-61-35-27-53(28-36-61)51-23-31-59(32-24-51)65(49-67)45-55-19-21-57-47-66(50-68,48-58-22-20-56(46-65)63(55)64(57)58)60-33-25-52(26-34-60)54-29-37-62(38-30-54)70-72(42-16-10-4,43-17-11-5)44-18-12-6/h19-38,49-50H,7-18,39-48H2,1-6H3. The van der Waals surface area contributed by atoms with Crippen molar-refractivity contribution in [1.29, 1.82) is 0 Å². The largest absolute Gasteiger partial charge is 0.543 e. The van der Waals surface area contributed by atoms with Crippen molar-refractivity contribution in [3.8, 4) is 33.8 Å². The molecule has 6 aromatic rings. The molecule has 0 aliphatic heterocycles. The van der Waals surface area contributed by atoms with Gasteiger partial charge in [-0.1, -0.05) is 216 Å². The fourth-order valence-corrected chi connectivity index (χ4v) is 21.9. The summed E-state index contributed by atoms with van der Waals surface area (Å²) in [5.74, 6) is 2.04. The summed E-state index contributed by atoms with van der Waals surface area (Å²) in [6, 6.07) is 51.5. The summed E-state index contributed by atoms with van der Waals surface area (Å²) in [7, 11) is -3.76. The van der Waals surface area contributed by atoms with E-state index in [0.29, 0.717) is 25.7 Å². The van der Waals surface area contributed by atoms with Crippen LogP contribution < -0.4 is 8.85 Å². The third kappa shape index (κ3) is 11.7. The van der Waals surface area contributed by atoms with Crippen LogP contribution in [-0.2, 0) is 46.1 Å². The van der Waals surface area contributed by atoms with Crippen molar-refractivity contribution in [3.63, 3.8) is 0 Å². The highest BCUT2D eigenvalue weighted by Gasteiger charge is 2.42. The number of hydrogen-bond acceptors (Lipinski definition) is 4. The van der Waals surface area contributed by atoms with Crippen LogP contribution in [0.1, 0.15) is 152 Å². The Hall–Kier alpha value is -5.05. The van der Waals surface area contributed by atoms with Crippen molar-refractivity contribution in [2.24, 2.45) is 0 Å². The highest BCUT2D eigenvalue weighted by atomic mass is 28.4. The minimum absolute atomic E-state index is 0.654. The van der Waals surface area contributed by atoms with E-state index in [4.69, 9.17) is 8.85 Å². The number of rotatable bonds is 28. The Balaban J connectivity index is 0.970. The molecule has 2 aliphatic carbocycles. The summed E-state index contributed by atoms with van der Waals surface area (Å²) in [6.07, 6.45) is 19.8. The van der Waals surface area contributed by atoms with Crippen LogP contribution >= 0.6 is 0 Å². The van der Waals surface area contributed by atoms with E-state index < -0.39 is 27.5 Å². The van der Waals surface area contributed by atoms with Crippen LogP contribution in [0.5, 0.6) is 11.5 Å². The molecule has 0 amide bonds. The van der Waals surface area contributed by atoms with E-state index in [2.05, 4.69) is 163 Å². The quantitative estimate of drug-likeness (QED) is 0.0363. The second kappa shape index (κ2) is 24.3. The van der Waals surface area contributed by atoms with Crippen LogP contribution in [0.4, 0.5) is 0 Å². The van der Waals surface area contributed by atoms with Gasteiger partial charge in [-0.15, -0.1) is 0 Å². The first-order valence-corrected chi connectivity index (χ1v) is 33.5. The van der Waals surface area contributed by atoms with Crippen molar-refractivity contribution < 1.29 is 18.4 Å². The Morgan fingerprint density at radius 3 is 0.819 bits per heavy atom. The van der Waals surface area contributed by atoms with E-state index in [9.17, 15) is 9.59 Å². The van der Waals surface area contributed by atoms with Crippen LogP contribution in [0, 0.1) is 0 Å². The summed E-state index contributed by atoms with van der Waals surface area (Å²) < 4.78 is 14.1. The zero-order valence-corrected chi connectivity index (χ0v) is 46.9. The molecule has 6 heteroatoms. The van der Waals surface area contributed by atoms with Gasteiger partial charge in [0.05, 0.1) is 10.8 Å². The lowest BCUT2D eigenvalue weighted by molar-refractivity contribution is -0.113. The second-order valence-electron chi connectivity index (χ2n) is 22.2. The molecule has 0 aromatic heterocycles. The lowest BCUT2D eigenvalue weighted by atomic mass is 9.63.